The lowest BCUT2D eigenvalue weighted by atomic mass is 10.2. The summed E-state index contributed by atoms with van der Waals surface area (Å²) in [5, 5.41) is 3.61. The molecule has 0 saturated heterocycles. The molecule has 1 unspecified atom stereocenters. The van der Waals surface area contributed by atoms with Gasteiger partial charge in [-0.1, -0.05) is 12.1 Å². The molecule has 0 bridgehead atoms. The van der Waals surface area contributed by atoms with Gasteiger partial charge in [-0.25, -0.2) is 0 Å². The van der Waals surface area contributed by atoms with Crippen molar-refractivity contribution in [2.75, 3.05) is 0 Å². The van der Waals surface area contributed by atoms with Crippen molar-refractivity contribution in [1.82, 2.24) is 0 Å². The molecule has 40 valence electrons. The number of hydrogen-bond donors (Lipinski definition) is 0. The minimum absolute atomic E-state index is 0.375. The van der Waals surface area contributed by atoms with Gasteiger partial charge in [-0.05, 0) is 6.42 Å². The highest BCUT2D eigenvalue weighted by atomic mass is 16.6. The molecule has 7 heavy (non-hydrogen) atoms. The minimum atomic E-state index is 0.375. The highest BCUT2D eigenvalue weighted by Gasteiger charge is 2.08. The van der Waals surface area contributed by atoms with Gasteiger partial charge in [-0.15, -0.1) is 0 Å². The summed E-state index contributed by atoms with van der Waals surface area (Å²) in [7, 11) is 0. The van der Waals surface area contributed by atoms with Crippen LogP contribution in [0.15, 0.2) is 5.16 Å². The van der Waals surface area contributed by atoms with Gasteiger partial charge in [0.05, 0.1) is 0 Å². The Hall–Kier alpha value is -0.530. The molecule has 0 aromatic rings. The quantitative estimate of drug-likeness (QED) is 0.483. The molecule has 1 aliphatic rings. The van der Waals surface area contributed by atoms with E-state index >= 15 is 0 Å². The van der Waals surface area contributed by atoms with Gasteiger partial charge in [0.1, 0.15) is 6.10 Å². The van der Waals surface area contributed by atoms with Crippen LogP contribution < -0.4 is 0 Å². The van der Waals surface area contributed by atoms with Crippen molar-refractivity contribution < 1.29 is 4.84 Å². The third-order valence-electron chi connectivity index (χ3n) is 1.11. The van der Waals surface area contributed by atoms with E-state index in [1.807, 2.05) is 6.21 Å². The maximum Gasteiger partial charge on any atom is 0.132 e. The summed E-state index contributed by atoms with van der Waals surface area (Å²) in [6.07, 6.45) is 4.25. The first-order valence-electron chi connectivity index (χ1n) is 2.61. The number of hydrogen-bond acceptors (Lipinski definition) is 2. The predicted octanol–water partition coefficient (Wildman–Crippen LogP) is 1.17. The fourth-order valence-corrected chi connectivity index (χ4v) is 0.574. The average Bonchev–Trinajstić information content (AvgIpc) is 2.14. The van der Waals surface area contributed by atoms with Crippen molar-refractivity contribution in [3.8, 4) is 0 Å². The molecule has 0 aromatic heterocycles. The Bertz CT molecular complexity index is 72.1. The van der Waals surface area contributed by atoms with Gasteiger partial charge in [0, 0.05) is 12.6 Å². The maximum absolute atomic E-state index is 4.87. The van der Waals surface area contributed by atoms with Crippen LogP contribution in [-0.4, -0.2) is 12.3 Å². The molecule has 1 atom stereocenters. The van der Waals surface area contributed by atoms with Crippen LogP contribution >= 0.6 is 0 Å². The molecular weight excluding hydrogens is 90.1 g/mol. The Labute approximate surface area is 43.2 Å². The van der Waals surface area contributed by atoms with E-state index in [1.54, 1.807) is 0 Å². The molecule has 1 rings (SSSR count). The Kier molecular flexibility index (Phi) is 1.29. The Balaban J connectivity index is 2.22. The molecule has 2 nitrogen and oxygen atoms in total. The normalized spacial score (nSPS) is 27.9. The fourth-order valence-electron chi connectivity index (χ4n) is 0.574. The van der Waals surface area contributed by atoms with Gasteiger partial charge in [0.15, 0.2) is 0 Å². The van der Waals surface area contributed by atoms with Gasteiger partial charge in [-0.3, -0.25) is 0 Å². The molecule has 2 heteroatoms. The van der Waals surface area contributed by atoms with E-state index in [-0.39, 0.29) is 0 Å². The fraction of sp³-hybridized carbons (Fsp3) is 0.800. The van der Waals surface area contributed by atoms with Crippen LogP contribution in [0.2, 0.25) is 0 Å². The van der Waals surface area contributed by atoms with Crippen LogP contribution in [0, 0.1) is 0 Å². The largest absolute Gasteiger partial charge is 0.392 e. The van der Waals surface area contributed by atoms with Crippen molar-refractivity contribution in [2.24, 2.45) is 5.16 Å². The first-order chi connectivity index (χ1) is 3.43. The third kappa shape index (κ3) is 0.918. The smallest absolute Gasteiger partial charge is 0.132 e. The molecule has 0 saturated carbocycles. The first-order valence-corrected chi connectivity index (χ1v) is 2.61. The Morgan fingerprint density at radius 1 is 2.00 bits per heavy atom. The summed E-state index contributed by atoms with van der Waals surface area (Å²) in [5.74, 6) is 0. The highest BCUT2D eigenvalue weighted by molar-refractivity contribution is 5.58. The third-order valence-corrected chi connectivity index (χ3v) is 1.11. The zero-order valence-corrected chi connectivity index (χ0v) is 4.42. The maximum atomic E-state index is 4.87. The second kappa shape index (κ2) is 1.96. The standard InChI is InChI=1S/C5H9NO/c1-2-5-3-4-6-7-5/h4-5H,2-3H2,1H3. The van der Waals surface area contributed by atoms with Gasteiger partial charge < -0.3 is 4.84 Å². The zero-order chi connectivity index (χ0) is 5.11. The number of oxime groups is 1. The van der Waals surface area contributed by atoms with E-state index < -0.39 is 0 Å². The number of rotatable bonds is 1. The monoisotopic (exact) mass is 99.1 g/mol. The summed E-state index contributed by atoms with van der Waals surface area (Å²) in [4.78, 5) is 4.87. The molecule has 1 aliphatic heterocycles. The van der Waals surface area contributed by atoms with E-state index in [9.17, 15) is 0 Å². The lowest BCUT2D eigenvalue weighted by Crippen LogP contribution is -2.00. The number of nitrogens with zero attached hydrogens (tertiary/aromatic N) is 1. The van der Waals surface area contributed by atoms with Crippen molar-refractivity contribution >= 4 is 6.21 Å². The van der Waals surface area contributed by atoms with Crippen molar-refractivity contribution in [1.29, 1.82) is 0 Å². The summed E-state index contributed by atoms with van der Waals surface area (Å²) in [5.41, 5.74) is 0. The van der Waals surface area contributed by atoms with E-state index in [0.29, 0.717) is 6.10 Å². The second-order valence-electron chi connectivity index (χ2n) is 1.66. The average molecular weight is 99.1 g/mol. The van der Waals surface area contributed by atoms with Gasteiger partial charge in [0.2, 0.25) is 0 Å². The van der Waals surface area contributed by atoms with Crippen LogP contribution in [0.3, 0.4) is 0 Å². The van der Waals surface area contributed by atoms with E-state index in [1.165, 1.54) is 0 Å². The molecule has 0 N–H and O–H groups in total. The van der Waals surface area contributed by atoms with Crippen molar-refractivity contribution in [3.05, 3.63) is 0 Å². The Morgan fingerprint density at radius 2 is 2.86 bits per heavy atom. The summed E-state index contributed by atoms with van der Waals surface area (Å²) >= 11 is 0. The van der Waals surface area contributed by atoms with Crippen LogP contribution in [0.5, 0.6) is 0 Å². The predicted molar refractivity (Wildman–Crippen MR) is 28.3 cm³/mol. The Morgan fingerprint density at radius 3 is 3.14 bits per heavy atom. The van der Waals surface area contributed by atoms with E-state index in [2.05, 4.69) is 12.1 Å². The van der Waals surface area contributed by atoms with Crippen LogP contribution in [0.1, 0.15) is 19.8 Å². The van der Waals surface area contributed by atoms with Crippen LogP contribution in [0.25, 0.3) is 0 Å². The molecule has 0 fully saturated rings. The summed E-state index contributed by atoms with van der Waals surface area (Å²) in [6, 6.07) is 0. The topological polar surface area (TPSA) is 21.6 Å². The first kappa shape index (κ1) is 4.62. The SMILES string of the molecule is CCC1CC=NO1. The molecule has 1 heterocycles. The van der Waals surface area contributed by atoms with E-state index in [0.717, 1.165) is 12.8 Å². The van der Waals surface area contributed by atoms with Gasteiger partial charge in [0.25, 0.3) is 0 Å². The van der Waals surface area contributed by atoms with Crippen LogP contribution in [0.4, 0.5) is 0 Å². The van der Waals surface area contributed by atoms with E-state index in [4.69, 9.17) is 4.84 Å². The molecule has 0 amide bonds. The van der Waals surface area contributed by atoms with Gasteiger partial charge >= 0.3 is 0 Å². The molecule has 0 spiro atoms. The molecule has 0 radical (unpaired) electrons. The van der Waals surface area contributed by atoms with Crippen molar-refractivity contribution in [3.63, 3.8) is 0 Å². The zero-order valence-electron chi connectivity index (χ0n) is 4.42. The van der Waals surface area contributed by atoms with Gasteiger partial charge in [-0.2, -0.15) is 0 Å². The molecule has 0 aliphatic carbocycles. The summed E-state index contributed by atoms with van der Waals surface area (Å²) < 4.78 is 0. The lowest BCUT2D eigenvalue weighted by molar-refractivity contribution is 0.0829. The van der Waals surface area contributed by atoms with Crippen molar-refractivity contribution in [2.45, 2.75) is 25.9 Å². The lowest BCUT2D eigenvalue weighted by Gasteiger charge is -1.99. The van der Waals surface area contributed by atoms with Crippen LogP contribution in [-0.2, 0) is 4.84 Å². The molecule has 0 aromatic carbocycles. The minimum Gasteiger partial charge on any atom is -0.392 e. The highest BCUT2D eigenvalue weighted by Crippen LogP contribution is 2.06. The molecular formula is C5H9NO. The second-order valence-corrected chi connectivity index (χ2v) is 1.66. The summed E-state index contributed by atoms with van der Waals surface area (Å²) in [6.45, 7) is 2.10.